The first kappa shape index (κ1) is 17.2. The molecule has 0 unspecified atom stereocenters. The number of hydrogen-bond acceptors (Lipinski definition) is 7. The highest BCUT2D eigenvalue weighted by atomic mass is 16.6. The molecule has 0 heterocycles. The maximum Gasteiger partial charge on any atom is 0.273 e. The number of nitrogens with zero attached hydrogens (tertiary/aromatic N) is 1. The molecule has 28 heavy (non-hydrogen) atoms. The molecule has 8 heteroatoms. The number of fused-ring (bicyclic) bond motifs is 2. The fourth-order valence-electron chi connectivity index (χ4n) is 3.16. The molecule has 0 saturated carbocycles. The lowest BCUT2D eigenvalue weighted by Gasteiger charge is -2.20. The fourth-order valence-corrected chi connectivity index (χ4v) is 3.16. The van der Waals surface area contributed by atoms with Crippen LogP contribution in [-0.2, 0) is 0 Å². The van der Waals surface area contributed by atoms with E-state index in [9.17, 15) is 29.9 Å². The molecule has 3 aromatic rings. The largest absolute Gasteiger partial charge is 0.507 e. The molecule has 3 N–H and O–H groups in total. The summed E-state index contributed by atoms with van der Waals surface area (Å²) in [5.74, 6) is -2.25. The van der Waals surface area contributed by atoms with Gasteiger partial charge in [-0.1, -0.05) is 18.2 Å². The molecule has 0 radical (unpaired) electrons. The molecular weight excluding hydrogens is 364 g/mol. The number of phenolic OH excluding ortho intramolecular Hbond substituents is 2. The molecule has 3 aromatic carbocycles. The van der Waals surface area contributed by atoms with Gasteiger partial charge in [0.25, 0.3) is 5.69 Å². The van der Waals surface area contributed by atoms with Crippen molar-refractivity contribution >= 4 is 28.6 Å². The summed E-state index contributed by atoms with van der Waals surface area (Å²) in [5.41, 5.74) is -0.312. The van der Waals surface area contributed by atoms with E-state index in [0.29, 0.717) is 5.69 Å². The molecule has 0 aromatic heterocycles. The Bertz CT molecular complexity index is 1170. The van der Waals surface area contributed by atoms with Crippen molar-refractivity contribution in [2.24, 2.45) is 0 Å². The first-order valence-corrected chi connectivity index (χ1v) is 8.16. The molecule has 0 amide bonds. The van der Waals surface area contributed by atoms with Gasteiger partial charge in [0.05, 0.1) is 22.2 Å². The Morgan fingerprint density at radius 2 is 1.50 bits per heavy atom. The smallest absolute Gasteiger partial charge is 0.273 e. The lowest BCUT2D eigenvalue weighted by molar-refractivity contribution is -0.385. The van der Waals surface area contributed by atoms with Crippen molar-refractivity contribution in [3.05, 3.63) is 87.0 Å². The summed E-state index contributed by atoms with van der Waals surface area (Å²) in [6.07, 6.45) is 0. The van der Waals surface area contributed by atoms with Crippen molar-refractivity contribution in [1.29, 1.82) is 0 Å². The van der Waals surface area contributed by atoms with Crippen LogP contribution in [0.4, 0.5) is 17.1 Å². The van der Waals surface area contributed by atoms with Gasteiger partial charge in [0.15, 0.2) is 11.6 Å². The van der Waals surface area contributed by atoms with Gasteiger partial charge in [-0.3, -0.25) is 19.7 Å². The van der Waals surface area contributed by atoms with Gasteiger partial charge in [-0.25, -0.2) is 0 Å². The number of nitro benzene ring substituents is 1. The lowest BCUT2D eigenvalue weighted by Crippen LogP contribution is -2.21. The van der Waals surface area contributed by atoms with E-state index in [0.717, 1.165) is 18.2 Å². The van der Waals surface area contributed by atoms with Gasteiger partial charge in [-0.2, -0.15) is 0 Å². The molecular formula is C20H12N2O6. The number of nitro groups is 1. The predicted octanol–water partition coefficient (Wildman–Crippen LogP) is 3.53. The quantitative estimate of drug-likeness (QED) is 0.283. The molecule has 1 aliphatic rings. The van der Waals surface area contributed by atoms with E-state index >= 15 is 0 Å². The van der Waals surface area contributed by atoms with Gasteiger partial charge in [0, 0.05) is 28.4 Å². The zero-order valence-electron chi connectivity index (χ0n) is 14.2. The molecule has 0 bridgehead atoms. The van der Waals surface area contributed by atoms with E-state index in [2.05, 4.69) is 5.32 Å². The van der Waals surface area contributed by atoms with Crippen LogP contribution in [0.5, 0.6) is 11.5 Å². The first-order valence-electron chi connectivity index (χ1n) is 8.16. The molecule has 0 fully saturated rings. The predicted molar refractivity (Wildman–Crippen MR) is 99.5 cm³/mol. The number of rotatable bonds is 3. The van der Waals surface area contributed by atoms with Crippen LogP contribution >= 0.6 is 0 Å². The van der Waals surface area contributed by atoms with Crippen LogP contribution in [0.3, 0.4) is 0 Å². The van der Waals surface area contributed by atoms with Crippen molar-refractivity contribution in [3.63, 3.8) is 0 Å². The number of carbonyl (C=O) groups excluding carboxylic acids is 2. The van der Waals surface area contributed by atoms with Crippen molar-refractivity contribution in [2.75, 3.05) is 5.32 Å². The monoisotopic (exact) mass is 376 g/mol. The summed E-state index contributed by atoms with van der Waals surface area (Å²) >= 11 is 0. The summed E-state index contributed by atoms with van der Waals surface area (Å²) in [4.78, 5) is 35.9. The third-order valence-corrected chi connectivity index (χ3v) is 4.46. The number of nitrogens with one attached hydrogen (secondary N) is 1. The van der Waals surface area contributed by atoms with Crippen molar-refractivity contribution in [2.45, 2.75) is 0 Å². The molecule has 0 saturated heterocycles. The van der Waals surface area contributed by atoms with Crippen LogP contribution in [0.15, 0.2) is 54.6 Å². The molecule has 1 aliphatic carbocycles. The number of non-ortho nitro benzene ring substituents is 1. The Morgan fingerprint density at radius 3 is 2.18 bits per heavy atom. The van der Waals surface area contributed by atoms with E-state index in [4.69, 9.17) is 0 Å². The number of aromatic hydroxyl groups is 2. The Hall–Kier alpha value is -4.20. The first-order chi connectivity index (χ1) is 13.4. The Morgan fingerprint density at radius 1 is 0.821 bits per heavy atom. The van der Waals surface area contributed by atoms with Gasteiger partial charge >= 0.3 is 0 Å². The normalized spacial score (nSPS) is 12.3. The second kappa shape index (κ2) is 6.20. The second-order valence-electron chi connectivity index (χ2n) is 6.21. The van der Waals surface area contributed by atoms with Gasteiger partial charge in [0.2, 0.25) is 0 Å². The maximum absolute atomic E-state index is 12.9. The Labute approximate surface area is 157 Å². The number of carbonyl (C=O) groups is 2. The van der Waals surface area contributed by atoms with Crippen molar-refractivity contribution < 1.29 is 24.7 Å². The minimum atomic E-state index is -0.766. The van der Waals surface area contributed by atoms with Crippen LogP contribution in [0.2, 0.25) is 0 Å². The molecule has 8 nitrogen and oxygen atoms in total. The number of phenols is 2. The van der Waals surface area contributed by atoms with Crippen LogP contribution in [0.25, 0.3) is 0 Å². The van der Waals surface area contributed by atoms with Crippen LogP contribution in [0, 0.1) is 10.1 Å². The number of benzene rings is 3. The molecule has 0 spiro atoms. The van der Waals surface area contributed by atoms with E-state index in [1.807, 2.05) is 6.07 Å². The van der Waals surface area contributed by atoms with Crippen LogP contribution < -0.4 is 5.32 Å². The lowest BCUT2D eigenvalue weighted by atomic mass is 9.83. The fraction of sp³-hybridized carbons (Fsp3) is 0. The minimum absolute atomic E-state index is 0.0158. The number of anilines is 2. The number of ketones is 2. The molecule has 4 rings (SSSR count). The number of para-hydroxylation sites is 1. The van der Waals surface area contributed by atoms with Gasteiger partial charge in [0.1, 0.15) is 11.5 Å². The third kappa shape index (κ3) is 2.64. The van der Waals surface area contributed by atoms with Gasteiger partial charge in [-0.15, -0.1) is 0 Å². The minimum Gasteiger partial charge on any atom is -0.507 e. The van der Waals surface area contributed by atoms with E-state index in [1.165, 1.54) is 6.07 Å². The van der Waals surface area contributed by atoms with Gasteiger partial charge in [-0.05, 0) is 24.3 Å². The summed E-state index contributed by atoms with van der Waals surface area (Å²) in [7, 11) is 0. The zero-order valence-corrected chi connectivity index (χ0v) is 14.2. The molecule has 0 aliphatic heterocycles. The average Bonchev–Trinajstić information content (AvgIpc) is 2.67. The van der Waals surface area contributed by atoms with Gasteiger partial charge < -0.3 is 15.5 Å². The SMILES string of the molecule is O=C1c2cc(O)c(Nc3ccccc3)cc2C(=O)c2c(O)cc([N+](=O)[O-])cc21. The van der Waals surface area contributed by atoms with Crippen LogP contribution in [0.1, 0.15) is 31.8 Å². The summed E-state index contributed by atoms with van der Waals surface area (Å²) in [6.45, 7) is 0. The summed E-state index contributed by atoms with van der Waals surface area (Å²) < 4.78 is 0. The highest BCUT2D eigenvalue weighted by Crippen LogP contribution is 2.39. The number of hydrogen-bond donors (Lipinski definition) is 3. The van der Waals surface area contributed by atoms with Crippen molar-refractivity contribution in [3.8, 4) is 11.5 Å². The highest BCUT2D eigenvalue weighted by molar-refractivity contribution is 6.30. The molecule has 138 valence electrons. The Kier molecular flexibility index (Phi) is 3.82. The maximum atomic E-state index is 12.9. The summed E-state index contributed by atoms with van der Waals surface area (Å²) in [5, 5.41) is 34.4. The topological polar surface area (TPSA) is 130 Å². The van der Waals surface area contributed by atoms with Crippen molar-refractivity contribution in [1.82, 2.24) is 0 Å². The van der Waals surface area contributed by atoms with E-state index in [1.54, 1.807) is 24.3 Å². The molecule has 0 atom stereocenters. The summed E-state index contributed by atoms with van der Waals surface area (Å²) in [6, 6.07) is 13.1. The highest BCUT2D eigenvalue weighted by Gasteiger charge is 2.35. The van der Waals surface area contributed by atoms with Crippen LogP contribution in [-0.4, -0.2) is 26.7 Å². The second-order valence-corrected chi connectivity index (χ2v) is 6.21. The zero-order chi connectivity index (χ0) is 20.0. The Balaban J connectivity index is 1.85. The standard InChI is InChI=1S/C20H12N2O6/c23-16-9-13-12(8-15(16)21-10-4-2-1-3-5-10)20(26)18-14(19(13)25)6-11(22(27)28)7-17(18)24/h1-9,21,23-24H. The average molecular weight is 376 g/mol. The van der Waals surface area contributed by atoms with E-state index in [-0.39, 0.29) is 33.7 Å². The van der Waals surface area contributed by atoms with E-state index < -0.39 is 27.9 Å². The third-order valence-electron chi connectivity index (χ3n) is 4.46.